The van der Waals surface area contributed by atoms with Gasteiger partial charge in [0.25, 0.3) is 0 Å². The molecule has 1 atom stereocenters. The molecule has 2 aromatic heterocycles. The summed E-state index contributed by atoms with van der Waals surface area (Å²) in [6.07, 6.45) is 6.10. The van der Waals surface area contributed by atoms with Crippen LogP contribution in [0, 0.1) is 5.92 Å². The Hall–Kier alpha value is -1.62. The van der Waals surface area contributed by atoms with E-state index in [1.54, 1.807) is 17.5 Å². The van der Waals surface area contributed by atoms with Crippen molar-refractivity contribution >= 4 is 17.2 Å². The summed E-state index contributed by atoms with van der Waals surface area (Å²) in [7, 11) is 1.96. The van der Waals surface area contributed by atoms with Crippen molar-refractivity contribution in [1.29, 1.82) is 0 Å². The first-order chi connectivity index (χ1) is 10.1. The molecule has 0 aromatic carbocycles. The molecule has 21 heavy (non-hydrogen) atoms. The van der Waals surface area contributed by atoms with Crippen LogP contribution in [0.3, 0.4) is 0 Å². The smallest absolute Gasteiger partial charge is 0.220 e. The van der Waals surface area contributed by atoms with Crippen molar-refractivity contribution < 1.29 is 4.79 Å². The van der Waals surface area contributed by atoms with E-state index in [9.17, 15) is 4.79 Å². The fourth-order valence-electron chi connectivity index (χ4n) is 2.33. The van der Waals surface area contributed by atoms with Crippen molar-refractivity contribution in [2.75, 3.05) is 0 Å². The highest BCUT2D eigenvalue weighted by atomic mass is 32.1. The lowest BCUT2D eigenvalue weighted by atomic mass is 10.0. The monoisotopic (exact) mass is 305 g/mol. The van der Waals surface area contributed by atoms with E-state index in [1.165, 1.54) is 4.88 Å². The predicted octanol–water partition coefficient (Wildman–Crippen LogP) is 3.32. The molecule has 0 fully saturated rings. The van der Waals surface area contributed by atoms with Crippen molar-refractivity contribution in [3.05, 3.63) is 40.6 Å². The second-order valence-corrected chi connectivity index (χ2v) is 6.65. The van der Waals surface area contributed by atoms with E-state index in [0.717, 1.165) is 18.7 Å². The van der Waals surface area contributed by atoms with E-state index in [0.29, 0.717) is 12.3 Å². The van der Waals surface area contributed by atoms with Crippen LogP contribution in [-0.4, -0.2) is 15.5 Å². The van der Waals surface area contributed by atoms with Gasteiger partial charge >= 0.3 is 0 Å². The van der Waals surface area contributed by atoms with Crippen LogP contribution in [-0.2, 0) is 18.3 Å². The predicted molar refractivity (Wildman–Crippen MR) is 86.2 cm³/mol. The van der Waals surface area contributed by atoms with Gasteiger partial charge in [0.2, 0.25) is 5.91 Å². The highest BCUT2D eigenvalue weighted by Gasteiger charge is 2.21. The third-order valence-electron chi connectivity index (χ3n) is 3.53. The van der Waals surface area contributed by atoms with Crippen molar-refractivity contribution in [2.24, 2.45) is 13.0 Å². The van der Waals surface area contributed by atoms with Crippen molar-refractivity contribution in [2.45, 2.75) is 39.2 Å². The van der Waals surface area contributed by atoms with Crippen LogP contribution in [0.4, 0.5) is 0 Å². The topological polar surface area (TPSA) is 46.9 Å². The molecule has 2 heterocycles. The molecule has 0 aliphatic heterocycles. The molecule has 114 valence electrons. The molecule has 2 aromatic rings. The maximum absolute atomic E-state index is 12.1. The number of amides is 1. The number of aromatic nitrogens is 2. The largest absolute Gasteiger partial charge is 0.346 e. The van der Waals surface area contributed by atoms with E-state index in [2.05, 4.69) is 41.7 Å². The molecule has 0 aliphatic carbocycles. The summed E-state index contributed by atoms with van der Waals surface area (Å²) in [5.74, 6) is 1.33. The summed E-state index contributed by atoms with van der Waals surface area (Å²) in [6.45, 7) is 4.20. The Bertz CT molecular complexity index is 560. The molecule has 1 amide bonds. The SMILES string of the molecule is CC(C)C(NC(=O)CCCc1cccs1)c1nccn1C. The van der Waals surface area contributed by atoms with E-state index < -0.39 is 0 Å². The van der Waals surface area contributed by atoms with E-state index in [4.69, 9.17) is 0 Å². The first kappa shape index (κ1) is 15.8. The Morgan fingerprint density at radius 2 is 2.29 bits per heavy atom. The Morgan fingerprint density at radius 3 is 2.86 bits per heavy atom. The number of nitrogens with zero attached hydrogens (tertiary/aromatic N) is 2. The molecule has 1 unspecified atom stereocenters. The van der Waals surface area contributed by atoms with Gasteiger partial charge in [-0.25, -0.2) is 4.98 Å². The number of imidazole rings is 1. The summed E-state index contributed by atoms with van der Waals surface area (Å²) in [4.78, 5) is 17.8. The van der Waals surface area contributed by atoms with E-state index in [1.807, 2.05) is 17.8 Å². The Kier molecular flexibility index (Phi) is 5.56. The van der Waals surface area contributed by atoms with Crippen LogP contribution in [0.5, 0.6) is 0 Å². The standard InChI is InChI=1S/C16H23N3OS/c1-12(2)15(16-17-9-10-19(16)3)18-14(20)8-4-6-13-7-5-11-21-13/h5,7,9-12,15H,4,6,8H2,1-3H3,(H,18,20). The Balaban J connectivity index is 1.85. The second-order valence-electron chi connectivity index (χ2n) is 5.62. The van der Waals surface area contributed by atoms with Gasteiger partial charge in [-0.05, 0) is 30.2 Å². The van der Waals surface area contributed by atoms with Gasteiger partial charge in [-0.2, -0.15) is 0 Å². The molecule has 0 saturated heterocycles. The number of carbonyl (C=O) groups is 1. The summed E-state index contributed by atoms with van der Waals surface area (Å²) < 4.78 is 1.97. The van der Waals surface area contributed by atoms with Gasteiger partial charge in [-0.3, -0.25) is 4.79 Å². The second kappa shape index (κ2) is 7.41. The molecule has 5 heteroatoms. The van der Waals surface area contributed by atoms with Gasteiger partial charge in [-0.1, -0.05) is 19.9 Å². The highest BCUT2D eigenvalue weighted by molar-refractivity contribution is 7.09. The summed E-state index contributed by atoms with van der Waals surface area (Å²) in [5.41, 5.74) is 0. The van der Waals surface area contributed by atoms with Gasteiger partial charge in [0, 0.05) is 30.7 Å². The first-order valence-corrected chi connectivity index (χ1v) is 8.25. The lowest BCUT2D eigenvalue weighted by Crippen LogP contribution is -2.33. The quantitative estimate of drug-likeness (QED) is 0.853. The minimum Gasteiger partial charge on any atom is -0.346 e. The third kappa shape index (κ3) is 4.43. The summed E-state index contributed by atoms with van der Waals surface area (Å²) in [6, 6.07) is 4.14. The normalized spacial score (nSPS) is 12.6. The van der Waals surface area contributed by atoms with Crippen LogP contribution < -0.4 is 5.32 Å². The Labute approximate surface area is 130 Å². The molecule has 4 nitrogen and oxygen atoms in total. The molecule has 0 bridgehead atoms. The number of rotatable bonds is 7. The van der Waals surface area contributed by atoms with Crippen LogP contribution in [0.25, 0.3) is 0 Å². The Morgan fingerprint density at radius 1 is 1.48 bits per heavy atom. The molecular formula is C16H23N3OS. The molecular weight excluding hydrogens is 282 g/mol. The number of hydrogen-bond donors (Lipinski definition) is 1. The zero-order valence-electron chi connectivity index (χ0n) is 12.9. The van der Waals surface area contributed by atoms with Crippen LogP contribution >= 0.6 is 11.3 Å². The molecule has 1 N–H and O–H groups in total. The van der Waals surface area contributed by atoms with Gasteiger partial charge < -0.3 is 9.88 Å². The minimum absolute atomic E-state index is 0.0285. The third-order valence-corrected chi connectivity index (χ3v) is 4.46. The average Bonchev–Trinajstić information content (AvgIpc) is 3.07. The lowest BCUT2D eigenvalue weighted by Gasteiger charge is -2.22. The summed E-state index contributed by atoms with van der Waals surface area (Å²) >= 11 is 1.75. The highest BCUT2D eigenvalue weighted by Crippen LogP contribution is 2.20. The molecule has 0 aliphatic rings. The number of aryl methyl sites for hydroxylation is 2. The average molecular weight is 305 g/mol. The van der Waals surface area contributed by atoms with E-state index in [-0.39, 0.29) is 11.9 Å². The van der Waals surface area contributed by atoms with Crippen LogP contribution in [0.2, 0.25) is 0 Å². The van der Waals surface area contributed by atoms with Crippen molar-refractivity contribution in [3.63, 3.8) is 0 Å². The lowest BCUT2D eigenvalue weighted by molar-refractivity contribution is -0.122. The molecule has 0 spiro atoms. The van der Waals surface area contributed by atoms with Crippen molar-refractivity contribution in [3.8, 4) is 0 Å². The maximum atomic E-state index is 12.1. The number of thiophene rings is 1. The fraction of sp³-hybridized carbons (Fsp3) is 0.500. The van der Waals surface area contributed by atoms with Gasteiger partial charge in [0.15, 0.2) is 0 Å². The summed E-state index contributed by atoms with van der Waals surface area (Å²) in [5, 5.41) is 5.20. The minimum atomic E-state index is -0.0285. The van der Waals surface area contributed by atoms with Gasteiger partial charge in [-0.15, -0.1) is 11.3 Å². The molecule has 0 radical (unpaired) electrons. The zero-order valence-corrected chi connectivity index (χ0v) is 13.7. The number of nitrogens with one attached hydrogen (secondary N) is 1. The molecule has 0 saturated carbocycles. The number of hydrogen-bond acceptors (Lipinski definition) is 3. The number of carbonyl (C=O) groups excluding carboxylic acids is 1. The van der Waals surface area contributed by atoms with Gasteiger partial charge in [0.1, 0.15) is 5.82 Å². The van der Waals surface area contributed by atoms with E-state index >= 15 is 0 Å². The van der Waals surface area contributed by atoms with Crippen LogP contribution in [0.1, 0.15) is 43.4 Å². The van der Waals surface area contributed by atoms with Gasteiger partial charge in [0.05, 0.1) is 6.04 Å². The zero-order chi connectivity index (χ0) is 15.2. The fourth-order valence-corrected chi connectivity index (χ4v) is 3.08. The maximum Gasteiger partial charge on any atom is 0.220 e. The first-order valence-electron chi connectivity index (χ1n) is 7.37. The van der Waals surface area contributed by atoms with Crippen molar-refractivity contribution in [1.82, 2.24) is 14.9 Å². The molecule has 2 rings (SSSR count). The van der Waals surface area contributed by atoms with Crippen LogP contribution in [0.15, 0.2) is 29.9 Å².